The van der Waals surface area contributed by atoms with Gasteiger partial charge in [-0.05, 0) is 36.6 Å². The van der Waals surface area contributed by atoms with Gasteiger partial charge in [0.1, 0.15) is 0 Å². The molecule has 0 aliphatic carbocycles. The van der Waals surface area contributed by atoms with Crippen LogP contribution in [0.25, 0.3) is 0 Å². The van der Waals surface area contributed by atoms with Crippen molar-refractivity contribution in [1.29, 1.82) is 0 Å². The minimum atomic E-state index is -0.473. The summed E-state index contributed by atoms with van der Waals surface area (Å²) in [5, 5.41) is 0.448. The summed E-state index contributed by atoms with van der Waals surface area (Å²) in [7, 11) is 0. The summed E-state index contributed by atoms with van der Waals surface area (Å²) in [6.45, 7) is 1.69. The molecule has 98 valence electrons. The molecule has 1 rings (SSSR count). The Labute approximate surface area is 116 Å². The molecule has 0 spiro atoms. The number of rotatable bonds is 5. The number of carbonyl (C=O) groups is 2. The van der Waals surface area contributed by atoms with Crippen molar-refractivity contribution < 1.29 is 9.59 Å². The molecule has 4 N–H and O–H groups in total. The third-order valence-corrected chi connectivity index (χ3v) is 3.56. The normalized spacial score (nSPS) is 12.2. The Morgan fingerprint density at radius 2 is 2.00 bits per heavy atom. The zero-order valence-electron chi connectivity index (χ0n) is 9.94. The lowest BCUT2D eigenvalue weighted by molar-refractivity contribution is -0.119. The Bertz CT molecular complexity index is 491. The number of nitrogens with two attached hydrogens (primary N) is 2. The third-order valence-electron chi connectivity index (χ3n) is 2.74. The Hall–Kier alpha value is -1.20. The van der Waals surface area contributed by atoms with Gasteiger partial charge in [0.2, 0.25) is 11.8 Å². The first-order chi connectivity index (χ1) is 8.32. The fourth-order valence-electron chi connectivity index (χ4n) is 1.65. The SMILES string of the molecule is CC(C(N)=O)c1cc(Cl)c(S)cc1CCC(N)=O. The molecule has 1 unspecified atom stereocenters. The van der Waals surface area contributed by atoms with Crippen LogP contribution in [0.5, 0.6) is 0 Å². The van der Waals surface area contributed by atoms with Crippen LogP contribution in [0.2, 0.25) is 5.02 Å². The van der Waals surface area contributed by atoms with Crippen molar-refractivity contribution >= 4 is 36.0 Å². The molecule has 18 heavy (non-hydrogen) atoms. The van der Waals surface area contributed by atoms with Crippen molar-refractivity contribution in [2.24, 2.45) is 11.5 Å². The fraction of sp³-hybridized carbons (Fsp3) is 0.333. The van der Waals surface area contributed by atoms with E-state index in [1.165, 1.54) is 0 Å². The number of halogens is 1. The fourth-order valence-corrected chi connectivity index (χ4v) is 2.04. The standard InChI is InChI=1S/C12H15ClN2O2S/c1-6(12(15)17)8-5-9(13)10(18)4-7(8)2-3-11(14)16/h4-6,18H,2-3H2,1H3,(H2,14,16)(H2,15,17). The molecule has 0 bridgehead atoms. The Kier molecular flexibility index (Phi) is 5.04. The molecule has 1 aromatic carbocycles. The summed E-state index contributed by atoms with van der Waals surface area (Å²) in [6, 6.07) is 3.40. The van der Waals surface area contributed by atoms with Crippen LogP contribution in [0.1, 0.15) is 30.4 Å². The lowest BCUT2D eigenvalue weighted by atomic mass is 9.92. The monoisotopic (exact) mass is 286 g/mol. The van der Waals surface area contributed by atoms with Crippen LogP contribution in [0, 0.1) is 0 Å². The van der Waals surface area contributed by atoms with Crippen LogP contribution in [-0.2, 0) is 16.0 Å². The second kappa shape index (κ2) is 6.11. The molecule has 6 heteroatoms. The van der Waals surface area contributed by atoms with Crippen LogP contribution in [0.15, 0.2) is 17.0 Å². The van der Waals surface area contributed by atoms with E-state index in [9.17, 15) is 9.59 Å². The van der Waals surface area contributed by atoms with Gasteiger partial charge in [-0.1, -0.05) is 11.6 Å². The molecule has 0 aliphatic heterocycles. The van der Waals surface area contributed by atoms with E-state index in [1.807, 2.05) is 0 Å². The summed E-state index contributed by atoms with van der Waals surface area (Å²) in [5.74, 6) is -1.32. The van der Waals surface area contributed by atoms with E-state index in [2.05, 4.69) is 12.6 Å². The molecule has 0 saturated carbocycles. The summed E-state index contributed by atoms with van der Waals surface area (Å²) in [4.78, 5) is 22.7. The average molecular weight is 287 g/mol. The molecule has 1 atom stereocenters. The van der Waals surface area contributed by atoms with Crippen molar-refractivity contribution in [1.82, 2.24) is 0 Å². The molecule has 0 saturated heterocycles. The molecule has 0 aromatic heterocycles. The maximum absolute atomic E-state index is 11.3. The second-order valence-electron chi connectivity index (χ2n) is 4.09. The van der Waals surface area contributed by atoms with Gasteiger partial charge >= 0.3 is 0 Å². The van der Waals surface area contributed by atoms with E-state index >= 15 is 0 Å². The highest BCUT2D eigenvalue weighted by Gasteiger charge is 2.17. The predicted octanol–water partition coefficient (Wildman–Crippen LogP) is 1.64. The number of hydrogen-bond acceptors (Lipinski definition) is 3. The molecule has 2 amide bonds. The lowest BCUT2D eigenvalue weighted by Gasteiger charge is -2.15. The molecular weight excluding hydrogens is 272 g/mol. The van der Waals surface area contributed by atoms with E-state index in [-0.39, 0.29) is 6.42 Å². The molecule has 4 nitrogen and oxygen atoms in total. The van der Waals surface area contributed by atoms with Gasteiger partial charge < -0.3 is 11.5 Å². The van der Waals surface area contributed by atoms with Crippen molar-refractivity contribution in [3.8, 4) is 0 Å². The highest BCUT2D eigenvalue weighted by atomic mass is 35.5. The first kappa shape index (κ1) is 14.9. The van der Waals surface area contributed by atoms with E-state index < -0.39 is 17.7 Å². The van der Waals surface area contributed by atoms with Crippen molar-refractivity contribution in [2.45, 2.75) is 30.6 Å². The molecule has 0 aliphatic rings. The number of hydrogen-bond donors (Lipinski definition) is 3. The Morgan fingerprint density at radius 3 is 2.50 bits per heavy atom. The molecule has 0 radical (unpaired) electrons. The minimum absolute atomic E-state index is 0.202. The van der Waals surface area contributed by atoms with Crippen molar-refractivity contribution in [3.63, 3.8) is 0 Å². The maximum atomic E-state index is 11.3. The van der Waals surface area contributed by atoms with E-state index in [1.54, 1.807) is 19.1 Å². The number of benzene rings is 1. The summed E-state index contributed by atoms with van der Waals surface area (Å²) in [6.07, 6.45) is 0.639. The molecule has 1 aromatic rings. The van der Waals surface area contributed by atoms with Gasteiger partial charge in [0.05, 0.1) is 10.9 Å². The smallest absolute Gasteiger partial charge is 0.224 e. The van der Waals surface area contributed by atoms with Gasteiger partial charge in [-0.25, -0.2) is 0 Å². The average Bonchev–Trinajstić information content (AvgIpc) is 2.28. The highest BCUT2D eigenvalue weighted by molar-refractivity contribution is 7.80. The quantitative estimate of drug-likeness (QED) is 0.719. The van der Waals surface area contributed by atoms with Gasteiger partial charge in [0.25, 0.3) is 0 Å². The summed E-state index contributed by atoms with van der Waals surface area (Å²) in [5.41, 5.74) is 11.9. The van der Waals surface area contributed by atoms with Gasteiger partial charge in [0.15, 0.2) is 0 Å². The molecule has 0 heterocycles. The van der Waals surface area contributed by atoms with Crippen LogP contribution >= 0.6 is 24.2 Å². The van der Waals surface area contributed by atoms with Crippen LogP contribution < -0.4 is 11.5 Å². The van der Waals surface area contributed by atoms with Crippen molar-refractivity contribution in [2.75, 3.05) is 0 Å². The zero-order valence-corrected chi connectivity index (χ0v) is 11.6. The van der Waals surface area contributed by atoms with Gasteiger partial charge in [0, 0.05) is 11.3 Å². The predicted molar refractivity (Wildman–Crippen MR) is 73.8 cm³/mol. The van der Waals surface area contributed by atoms with E-state index in [0.717, 1.165) is 5.56 Å². The lowest BCUT2D eigenvalue weighted by Crippen LogP contribution is -2.20. The minimum Gasteiger partial charge on any atom is -0.370 e. The van der Waals surface area contributed by atoms with Crippen LogP contribution in [0.3, 0.4) is 0 Å². The highest BCUT2D eigenvalue weighted by Crippen LogP contribution is 2.29. The number of carbonyl (C=O) groups excluding carboxylic acids is 2. The zero-order chi connectivity index (χ0) is 13.9. The van der Waals surface area contributed by atoms with E-state index in [4.69, 9.17) is 23.1 Å². The third kappa shape index (κ3) is 3.65. The second-order valence-corrected chi connectivity index (χ2v) is 4.98. The summed E-state index contributed by atoms with van der Waals surface area (Å²) < 4.78 is 0. The van der Waals surface area contributed by atoms with Crippen molar-refractivity contribution in [3.05, 3.63) is 28.3 Å². The molecule has 0 fully saturated rings. The topological polar surface area (TPSA) is 86.2 Å². The van der Waals surface area contributed by atoms with Crippen LogP contribution in [0.4, 0.5) is 0 Å². The summed E-state index contributed by atoms with van der Waals surface area (Å²) >= 11 is 10.2. The van der Waals surface area contributed by atoms with E-state index in [0.29, 0.717) is 21.9 Å². The first-order valence-corrected chi connectivity index (χ1v) is 6.24. The first-order valence-electron chi connectivity index (χ1n) is 5.41. The van der Waals surface area contributed by atoms with Gasteiger partial charge in [-0.2, -0.15) is 0 Å². The molecular formula is C12H15ClN2O2S. The number of aryl methyl sites for hydroxylation is 1. The Balaban J connectivity index is 3.16. The largest absolute Gasteiger partial charge is 0.370 e. The maximum Gasteiger partial charge on any atom is 0.224 e. The van der Waals surface area contributed by atoms with Gasteiger partial charge in [-0.15, -0.1) is 12.6 Å². The Morgan fingerprint density at radius 1 is 1.39 bits per heavy atom. The number of thiol groups is 1. The van der Waals surface area contributed by atoms with Gasteiger partial charge in [-0.3, -0.25) is 9.59 Å². The van der Waals surface area contributed by atoms with Crippen LogP contribution in [-0.4, -0.2) is 11.8 Å². The number of primary amides is 2. The number of amides is 2.